The monoisotopic (exact) mass is 317 g/mol. The van der Waals surface area contributed by atoms with Gasteiger partial charge in [-0.2, -0.15) is 0 Å². The maximum atomic E-state index is 11.9. The zero-order valence-electron chi connectivity index (χ0n) is 13.2. The minimum Gasteiger partial charge on any atom is -0.481 e. The van der Waals surface area contributed by atoms with Crippen molar-refractivity contribution in [2.24, 2.45) is 11.3 Å². The first-order valence-electron chi connectivity index (χ1n) is 8.26. The molecule has 124 valence electrons. The average Bonchev–Trinajstić information content (AvgIpc) is 2.52. The van der Waals surface area contributed by atoms with Gasteiger partial charge in [0.1, 0.15) is 6.61 Å². The molecular weight excluding hydrogens is 294 g/mol. The van der Waals surface area contributed by atoms with Crippen molar-refractivity contribution in [3.63, 3.8) is 0 Å². The van der Waals surface area contributed by atoms with Gasteiger partial charge in [0.15, 0.2) is 0 Å². The molecule has 0 atom stereocenters. The van der Waals surface area contributed by atoms with E-state index in [0.717, 1.165) is 44.1 Å². The Morgan fingerprint density at radius 1 is 1.17 bits per heavy atom. The lowest BCUT2D eigenvalue weighted by molar-refractivity contribution is -0.151. The second-order valence-electron chi connectivity index (χ2n) is 6.92. The first kappa shape index (κ1) is 15.8. The number of aliphatic carboxylic acids is 1. The molecule has 2 aliphatic rings. The number of rotatable bonds is 4. The van der Waals surface area contributed by atoms with E-state index in [1.807, 2.05) is 30.3 Å². The van der Waals surface area contributed by atoms with Crippen molar-refractivity contribution < 1.29 is 19.4 Å². The van der Waals surface area contributed by atoms with Gasteiger partial charge in [-0.1, -0.05) is 30.3 Å². The van der Waals surface area contributed by atoms with Crippen molar-refractivity contribution in [2.75, 3.05) is 0 Å². The van der Waals surface area contributed by atoms with E-state index in [0.29, 0.717) is 0 Å². The summed E-state index contributed by atoms with van der Waals surface area (Å²) in [5.74, 6) is -0.823. The fourth-order valence-corrected chi connectivity index (χ4v) is 3.87. The second kappa shape index (κ2) is 6.60. The fourth-order valence-electron chi connectivity index (χ4n) is 3.87. The zero-order chi connectivity index (χ0) is 16.3. The van der Waals surface area contributed by atoms with Gasteiger partial charge in [-0.25, -0.2) is 4.79 Å². The van der Waals surface area contributed by atoms with Crippen molar-refractivity contribution in [1.82, 2.24) is 5.32 Å². The molecule has 2 fully saturated rings. The Bertz CT molecular complexity index is 556. The molecule has 0 aromatic heterocycles. The average molecular weight is 317 g/mol. The highest BCUT2D eigenvalue weighted by atomic mass is 16.5. The number of carbonyl (C=O) groups excluding carboxylic acids is 1. The quantitative estimate of drug-likeness (QED) is 0.893. The van der Waals surface area contributed by atoms with Crippen LogP contribution < -0.4 is 5.32 Å². The van der Waals surface area contributed by atoms with Crippen molar-refractivity contribution in [2.45, 2.75) is 51.2 Å². The summed E-state index contributed by atoms with van der Waals surface area (Å²) in [5.41, 5.74) is 1.19. The molecule has 1 aromatic rings. The highest BCUT2D eigenvalue weighted by molar-refractivity contribution is 5.71. The minimum atomic E-state index is -0.666. The third-order valence-electron chi connectivity index (χ3n) is 5.29. The van der Waals surface area contributed by atoms with Crippen molar-refractivity contribution >= 4 is 12.1 Å². The van der Waals surface area contributed by atoms with Crippen LogP contribution in [0.1, 0.15) is 44.1 Å². The maximum absolute atomic E-state index is 11.9. The van der Waals surface area contributed by atoms with Gasteiger partial charge in [-0.3, -0.25) is 4.79 Å². The molecule has 0 aliphatic heterocycles. The molecule has 0 bridgehead atoms. The summed E-state index contributed by atoms with van der Waals surface area (Å²) in [4.78, 5) is 22.8. The SMILES string of the molecule is O=C(NC1CCC2(CC1)CC(C(=O)O)C2)OCc1ccccc1. The summed E-state index contributed by atoms with van der Waals surface area (Å²) in [6, 6.07) is 9.75. The lowest BCUT2D eigenvalue weighted by atomic mass is 9.55. The largest absolute Gasteiger partial charge is 0.481 e. The van der Waals surface area contributed by atoms with Crippen LogP contribution in [0.4, 0.5) is 4.79 Å². The first-order valence-corrected chi connectivity index (χ1v) is 8.26. The molecule has 2 saturated carbocycles. The van der Waals surface area contributed by atoms with Gasteiger partial charge in [-0.05, 0) is 49.5 Å². The summed E-state index contributed by atoms with van der Waals surface area (Å²) in [7, 11) is 0. The van der Waals surface area contributed by atoms with E-state index in [4.69, 9.17) is 9.84 Å². The number of benzene rings is 1. The van der Waals surface area contributed by atoms with Crippen LogP contribution >= 0.6 is 0 Å². The maximum Gasteiger partial charge on any atom is 0.407 e. The lowest BCUT2D eigenvalue weighted by Crippen LogP contribution is -2.47. The summed E-state index contributed by atoms with van der Waals surface area (Å²) in [5, 5.41) is 11.9. The molecule has 2 N–H and O–H groups in total. The normalized spacial score (nSPS) is 29.6. The Hall–Kier alpha value is -2.04. The Morgan fingerprint density at radius 2 is 1.83 bits per heavy atom. The molecule has 0 radical (unpaired) electrons. The lowest BCUT2D eigenvalue weighted by Gasteiger charge is -2.50. The molecule has 23 heavy (non-hydrogen) atoms. The van der Waals surface area contributed by atoms with Crippen molar-refractivity contribution in [3.05, 3.63) is 35.9 Å². The first-order chi connectivity index (χ1) is 11.1. The van der Waals surface area contributed by atoms with Crippen LogP contribution in [0, 0.1) is 11.3 Å². The van der Waals surface area contributed by atoms with Crippen molar-refractivity contribution in [1.29, 1.82) is 0 Å². The molecule has 0 unspecified atom stereocenters. The number of ether oxygens (including phenoxy) is 1. The summed E-state index contributed by atoms with van der Waals surface area (Å²) >= 11 is 0. The topological polar surface area (TPSA) is 75.6 Å². The van der Waals surface area contributed by atoms with Crippen LogP contribution in [-0.2, 0) is 16.1 Å². The second-order valence-corrected chi connectivity index (χ2v) is 6.92. The number of carboxylic acids is 1. The highest BCUT2D eigenvalue weighted by Crippen LogP contribution is 2.54. The van der Waals surface area contributed by atoms with Gasteiger partial charge in [0.2, 0.25) is 0 Å². The molecule has 3 rings (SSSR count). The van der Waals surface area contributed by atoms with Gasteiger partial charge in [0, 0.05) is 6.04 Å². The highest BCUT2D eigenvalue weighted by Gasteiger charge is 2.48. The van der Waals surface area contributed by atoms with Gasteiger partial charge < -0.3 is 15.2 Å². The number of nitrogens with one attached hydrogen (secondary N) is 1. The summed E-state index contributed by atoms with van der Waals surface area (Å²) in [6.45, 7) is 0.281. The van der Waals surface area contributed by atoms with E-state index in [1.165, 1.54) is 0 Å². The van der Waals surface area contributed by atoms with Gasteiger partial charge in [-0.15, -0.1) is 0 Å². The molecule has 5 nitrogen and oxygen atoms in total. The molecule has 0 heterocycles. The van der Waals surface area contributed by atoms with Crippen LogP contribution in [0.25, 0.3) is 0 Å². The third-order valence-corrected chi connectivity index (χ3v) is 5.29. The number of hydrogen-bond acceptors (Lipinski definition) is 3. The van der Waals surface area contributed by atoms with E-state index < -0.39 is 5.97 Å². The van der Waals surface area contributed by atoms with E-state index in [-0.39, 0.29) is 30.1 Å². The van der Waals surface area contributed by atoms with Crippen LogP contribution in [0.15, 0.2) is 30.3 Å². The molecule has 1 amide bonds. The van der Waals surface area contributed by atoms with Gasteiger partial charge in [0.25, 0.3) is 0 Å². The number of hydrogen-bond donors (Lipinski definition) is 2. The number of carbonyl (C=O) groups is 2. The Balaban J connectivity index is 1.37. The number of amides is 1. The summed E-state index contributed by atoms with van der Waals surface area (Å²) in [6.07, 6.45) is 5.05. The molecular formula is C18H23NO4. The molecule has 1 aromatic carbocycles. The predicted octanol–water partition coefficient (Wildman–Crippen LogP) is 3.34. The smallest absolute Gasteiger partial charge is 0.407 e. The van der Waals surface area contributed by atoms with E-state index in [9.17, 15) is 9.59 Å². The van der Waals surface area contributed by atoms with Crippen LogP contribution in [0.5, 0.6) is 0 Å². The summed E-state index contributed by atoms with van der Waals surface area (Å²) < 4.78 is 5.24. The Morgan fingerprint density at radius 3 is 2.43 bits per heavy atom. The van der Waals surface area contributed by atoms with Gasteiger partial charge >= 0.3 is 12.1 Å². The van der Waals surface area contributed by atoms with Crippen LogP contribution in [0.2, 0.25) is 0 Å². The third kappa shape index (κ3) is 3.84. The van der Waals surface area contributed by atoms with E-state index in [1.54, 1.807) is 0 Å². The Labute approximate surface area is 136 Å². The minimum absolute atomic E-state index is 0.146. The fraction of sp³-hybridized carbons (Fsp3) is 0.556. The molecule has 0 saturated heterocycles. The van der Waals surface area contributed by atoms with Crippen LogP contribution in [0.3, 0.4) is 0 Å². The predicted molar refractivity (Wildman–Crippen MR) is 84.8 cm³/mol. The van der Waals surface area contributed by atoms with E-state index in [2.05, 4.69) is 5.32 Å². The molecule has 5 heteroatoms. The van der Waals surface area contributed by atoms with Gasteiger partial charge in [0.05, 0.1) is 5.92 Å². The number of alkyl carbamates (subject to hydrolysis) is 1. The van der Waals surface area contributed by atoms with Crippen molar-refractivity contribution in [3.8, 4) is 0 Å². The molecule has 2 aliphatic carbocycles. The van der Waals surface area contributed by atoms with E-state index >= 15 is 0 Å². The zero-order valence-corrected chi connectivity index (χ0v) is 13.2. The van der Waals surface area contributed by atoms with Crippen LogP contribution in [-0.4, -0.2) is 23.2 Å². The number of carboxylic acid groups (broad SMARTS) is 1. The standard InChI is InChI=1S/C18H23NO4/c20-16(21)14-10-18(11-14)8-6-15(7-9-18)19-17(22)23-12-13-4-2-1-3-5-13/h1-5,14-15H,6-12H2,(H,19,22)(H,20,21). The molecule has 1 spiro atoms. The Kier molecular flexibility index (Phi) is 4.55.